The molecule has 4 rings (SSSR count). The van der Waals surface area contributed by atoms with Crippen LogP contribution in [0.1, 0.15) is 16.9 Å². The van der Waals surface area contributed by atoms with Crippen molar-refractivity contribution in [2.75, 3.05) is 5.32 Å². The average molecular weight is 414 g/mol. The molecule has 4 aromatic rings. The van der Waals surface area contributed by atoms with E-state index in [1.807, 2.05) is 50.2 Å². The third kappa shape index (κ3) is 4.45. The maximum Gasteiger partial charge on any atom is 0.266 e. The predicted molar refractivity (Wildman–Crippen MR) is 117 cm³/mol. The number of anilines is 1. The predicted octanol–water partition coefficient (Wildman–Crippen LogP) is 5.47. The molecule has 1 amide bonds. The normalized spacial score (nSPS) is 11.4. The van der Waals surface area contributed by atoms with E-state index in [1.165, 1.54) is 17.8 Å². The van der Waals surface area contributed by atoms with E-state index >= 15 is 0 Å². The largest absolute Gasteiger partial charge is 0.450 e. The Kier molecular flexibility index (Phi) is 5.42. The molecule has 0 spiro atoms. The number of nitrogens with one attached hydrogen (secondary N) is 2. The summed E-state index contributed by atoms with van der Waals surface area (Å²) in [6, 6.07) is 18.8. The zero-order chi connectivity index (χ0) is 21.1. The topological polar surface area (TPSA) is 94.7 Å². The zero-order valence-electron chi connectivity index (χ0n) is 16.4. The molecule has 0 atom stereocenters. The van der Waals surface area contributed by atoms with Crippen molar-refractivity contribution in [3.63, 3.8) is 0 Å². The van der Waals surface area contributed by atoms with Crippen molar-refractivity contribution in [3.05, 3.63) is 77.1 Å². The molecule has 0 saturated carbocycles. The Morgan fingerprint density at radius 1 is 1.13 bits per heavy atom. The summed E-state index contributed by atoms with van der Waals surface area (Å²) in [4.78, 5) is 20.2. The van der Waals surface area contributed by atoms with Gasteiger partial charge in [0, 0.05) is 11.8 Å². The van der Waals surface area contributed by atoms with E-state index in [-0.39, 0.29) is 5.57 Å². The summed E-state index contributed by atoms with van der Waals surface area (Å²) in [6.07, 6.45) is 1.43. The number of fused-ring (bicyclic) bond motifs is 1. The Morgan fingerprint density at radius 3 is 2.67 bits per heavy atom. The number of imidazole rings is 1. The lowest BCUT2D eigenvalue weighted by Crippen LogP contribution is -2.13. The van der Waals surface area contributed by atoms with Crippen molar-refractivity contribution >= 4 is 40.5 Å². The van der Waals surface area contributed by atoms with Gasteiger partial charge in [-0.15, -0.1) is 0 Å². The molecule has 0 unspecified atom stereocenters. The van der Waals surface area contributed by atoms with Gasteiger partial charge in [0.15, 0.2) is 10.2 Å². The number of hydrogen-bond donors (Lipinski definition) is 2. The van der Waals surface area contributed by atoms with Crippen molar-refractivity contribution in [2.24, 2.45) is 0 Å². The number of nitriles is 1. The van der Waals surface area contributed by atoms with Crippen molar-refractivity contribution < 1.29 is 9.21 Å². The van der Waals surface area contributed by atoms with Gasteiger partial charge >= 0.3 is 0 Å². The van der Waals surface area contributed by atoms with E-state index in [1.54, 1.807) is 24.3 Å². The Bertz CT molecular complexity index is 1290. The number of H-pyrrole nitrogens is 1. The lowest BCUT2D eigenvalue weighted by atomic mass is 10.2. The quantitative estimate of drug-likeness (QED) is 0.333. The van der Waals surface area contributed by atoms with Crippen molar-refractivity contribution in [2.45, 2.75) is 24.1 Å². The standard InChI is InChI=1S/C23H18N4O2S/c1-14-3-6-17(7-4-14)25-22(28)16(13-24)12-18-8-10-21(29-18)30-23-26-19-9-5-15(2)11-20(19)27-23/h3-12H,1-2H3,(H,25,28)(H,26,27)/b16-12-. The highest BCUT2D eigenvalue weighted by molar-refractivity contribution is 7.99. The minimum absolute atomic E-state index is 0.0410. The third-order valence-electron chi connectivity index (χ3n) is 4.38. The molecule has 0 saturated heterocycles. The molecule has 0 radical (unpaired) electrons. The molecule has 0 bridgehead atoms. The number of hydrogen-bond acceptors (Lipinski definition) is 5. The second kappa shape index (κ2) is 8.31. The maximum atomic E-state index is 12.4. The molecule has 0 aliphatic rings. The molecule has 0 aliphatic heterocycles. The molecule has 2 heterocycles. The number of aryl methyl sites for hydroxylation is 2. The van der Waals surface area contributed by atoms with Crippen LogP contribution in [0.2, 0.25) is 0 Å². The van der Waals surface area contributed by atoms with Crippen LogP contribution >= 0.6 is 11.8 Å². The fourth-order valence-corrected chi connectivity index (χ4v) is 3.61. The van der Waals surface area contributed by atoms with Gasteiger partial charge in [-0.2, -0.15) is 5.26 Å². The molecule has 148 valence electrons. The second-order valence-corrected chi connectivity index (χ2v) is 7.80. The van der Waals surface area contributed by atoms with Crippen LogP contribution < -0.4 is 5.32 Å². The summed E-state index contributed by atoms with van der Waals surface area (Å²) in [7, 11) is 0. The van der Waals surface area contributed by atoms with E-state index in [2.05, 4.69) is 15.3 Å². The van der Waals surface area contributed by atoms with Gasteiger partial charge in [0.1, 0.15) is 17.4 Å². The molecule has 0 fully saturated rings. The Balaban J connectivity index is 1.48. The number of rotatable bonds is 5. The highest BCUT2D eigenvalue weighted by Gasteiger charge is 2.12. The van der Waals surface area contributed by atoms with Gasteiger partial charge in [-0.3, -0.25) is 4.79 Å². The third-order valence-corrected chi connectivity index (χ3v) is 5.18. The van der Waals surface area contributed by atoms with Crippen LogP contribution in [0.15, 0.2) is 74.8 Å². The first-order valence-corrected chi connectivity index (χ1v) is 10.1. The fourth-order valence-electron chi connectivity index (χ4n) is 2.84. The van der Waals surface area contributed by atoms with Crippen molar-refractivity contribution in [1.82, 2.24) is 9.97 Å². The number of furan rings is 1. The minimum atomic E-state index is -0.486. The second-order valence-electron chi connectivity index (χ2n) is 6.81. The number of amides is 1. The first kappa shape index (κ1) is 19.6. The van der Waals surface area contributed by atoms with Crippen LogP contribution in [-0.2, 0) is 4.79 Å². The van der Waals surface area contributed by atoms with E-state index in [0.717, 1.165) is 22.2 Å². The number of aromatic amines is 1. The van der Waals surface area contributed by atoms with Crippen LogP contribution in [0.3, 0.4) is 0 Å². The van der Waals surface area contributed by atoms with Gasteiger partial charge in [-0.05, 0) is 67.6 Å². The molecule has 6 nitrogen and oxygen atoms in total. The number of carbonyl (C=O) groups excluding carboxylic acids is 1. The molecule has 2 N–H and O–H groups in total. The highest BCUT2D eigenvalue weighted by atomic mass is 32.2. The van der Waals surface area contributed by atoms with E-state index < -0.39 is 5.91 Å². The Labute approximate surface area is 177 Å². The summed E-state index contributed by atoms with van der Waals surface area (Å²) >= 11 is 1.34. The number of aromatic nitrogens is 2. The molecule has 7 heteroatoms. The van der Waals surface area contributed by atoms with Gasteiger partial charge < -0.3 is 14.7 Å². The summed E-state index contributed by atoms with van der Waals surface area (Å²) in [6.45, 7) is 3.99. The molecule has 2 aromatic carbocycles. The molecular weight excluding hydrogens is 396 g/mol. The Morgan fingerprint density at radius 2 is 1.90 bits per heavy atom. The number of benzene rings is 2. The molecule has 30 heavy (non-hydrogen) atoms. The van der Waals surface area contributed by atoms with Crippen molar-refractivity contribution in [3.8, 4) is 6.07 Å². The summed E-state index contributed by atoms with van der Waals surface area (Å²) in [5.74, 6) is -0.0697. The van der Waals surface area contributed by atoms with Gasteiger partial charge in [0.25, 0.3) is 5.91 Å². The lowest BCUT2D eigenvalue weighted by molar-refractivity contribution is -0.112. The van der Waals surface area contributed by atoms with Crippen molar-refractivity contribution in [1.29, 1.82) is 5.26 Å². The molecule has 2 aromatic heterocycles. The molecular formula is C23H18N4O2S. The van der Waals surface area contributed by atoms with Gasteiger partial charge in [-0.1, -0.05) is 23.8 Å². The van der Waals surface area contributed by atoms with Crippen LogP contribution in [0.5, 0.6) is 0 Å². The summed E-state index contributed by atoms with van der Waals surface area (Å²) in [5, 5.41) is 13.4. The van der Waals surface area contributed by atoms with Gasteiger partial charge in [0.05, 0.1) is 11.0 Å². The number of carbonyl (C=O) groups is 1. The number of nitrogens with zero attached hydrogens (tertiary/aromatic N) is 2. The zero-order valence-corrected chi connectivity index (χ0v) is 17.2. The first-order valence-electron chi connectivity index (χ1n) is 9.24. The van der Waals surface area contributed by atoms with Crippen LogP contribution in [0.25, 0.3) is 17.1 Å². The van der Waals surface area contributed by atoms with Crippen LogP contribution in [-0.4, -0.2) is 15.9 Å². The van der Waals surface area contributed by atoms with Crippen LogP contribution in [0.4, 0.5) is 5.69 Å². The average Bonchev–Trinajstić information content (AvgIpc) is 3.33. The fraction of sp³-hybridized carbons (Fsp3) is 0.0870. The van der Waals surface area contributed by atoms with E-state index in [4.69, 9.17) is 4.42 Å². The monoisotopic (exact) mass is 414 g/mol. The lowest BCUT2D eigenvalue weighted by Gasteiger charge is -2.04. The van der Waals surface area contributed by atoms with Gasteiger partial charge in [0.2, 0.25) is 0 Å². The summed E-state index contributed by atoms with van der Waals surface area (Å²) < 4.78 is 5.75. The maximum absolute atomic E-state index is 12.4. The van der Waals surface area contributed by atoms with E-state index in [9.17, 15) is 10.1 Å². The smallest absolute Gasteiger partial charge is 0.266 e. The van der Waals surface area contributed by atoms with Gasteiger partial charge in [-0.25, -0.2) is 4.98 Å². The van der Waals surface area contributed by atoms with Crippen LogP contribution in [0, 0.1) is 25.2 Å². The first-order chi connectivity index (χ1) is 14.5. The van der Waals surface area contributed by atoms with E-state index in [0.29, 0.717) is 21.7 Å². The minimum Gasteiger partial charge on any atom is -0.450 e. The highest BCUT2D eigenvalue weighted by Crippen LogP contribution is 2.29. The SMILES string of the molecule is Cc1ccc(NC(=O)/C(C#N)=C\c2ccc(Sc3nc4ccc(C)cc4[nH]3)o2)cc1. The Hall–Kier alpha value is -3.76. The molecule has 0 aliphatic carbocycles. The summed E-state index contributed by atoms with van der Waals surface area (Å²) in [5.41, 5.74) is 4.67.